The van der Waals surface area contributed by atoms with Crippen molar-refractivity contribution in [3.63, 3.8) is 0 Å². The smallest absolute Gasteiger partial charge is 0.261 e. The number of nitrogen functional groups attached to an aromatic ring is 1. The van der Waals surface area contributed by atoms with E-state index >= 15 is 0 Å². The summed E-state index contributed by atoms with van der Waals surface area (Å²) in [5.74, 6) is -3.97. The van der Waals surface area contributed by atoms with Crippen LogP contribution in [-0.4, -0.2) is 13.0 Å². The highest BCUT2D eigenvalue weighted by Crippen LogP contribution is 2.24. The average Bonchev–Trinajstić information content (AvgIpc) is 2.45. The van der Waals surface area contributed by atoms with E-state index in [1.807, 2.05) is 0 Å². The summed E-state index contributed by atoms with van der Waals surface area (Å²) in [6.07, 6.45) is 0. The van der Waals surface area contributed by atoms with Gasteiger partial charge in [-0.05, 0) is 24.3 Å². The first kappa shape index (κ1) is 14.7. The maximum Gasteiger partial charge on any atom is 0.261 e. The van der Waals surface area contributed by atoms with E-state index in [4.69, 9.17) is 10.5 Å². The molecule has 0 unspecified atom stereocenters. The maximum atomic E-state index is 13.7. The molecule has 0 saturated carbocycles. The third kappa shape index (κ3) is 2.91. The van der Waals surface area contributed by atoms with Crippen molar-refractivity contribution in [2.24, 2.45) is 0 Å². The number of nitrogens with two attached hydrogens (primary N) is 1. The number of anilines is 2. The third-order valence-corrected chi connectivity index (χ3v) is 2.76. The summed E-state index contributed by atoms with van der Waals surface area (Å²) in [7, 11) is 1.25. The minimum Gasteiger partial charge on any atom is -0.494 e. The summed E-state index contributed by atoms with van der Waals surface area (Å²) in [4.78, 5) is 11.9. The predicted octanol–water partition coefficient (Wildman–Crippen LogP) is 2.95. The highest BCUT2D eigenvalue weighted by atomic mass is 19.1. The first-order valence-corrected chi connectivity index (χ1v) is 5.82. The number of rotatable bonds is 3. The lowest BCUT2D eigenvalue weighted by Crippen LogP contribution is -2.17. The first-order valence-electron chi connectivity index (χ1n) is 5.82. The minimum absolute atomic E-state index is 0.110. The number of hydrogen-bond acceptors (Lipinski definition) is 3. The molecule has 2 rings (SSSR count). The first-order chi connectivity index (χ1) is 9.93. The summed E-state index contributed by atoms with van der Waals surface area (Å²) in [6, 6.07) is 5.38. The van der Waals surface area contributed by atoms with Crippen LogP contribution >= 0.6 is 0 Å². The van der Waals surface area contributed by atoms with Gasteiger partial charge in [-0.3, -0.25) is 4.79 Å². The Morgan fingerprint density at radius 2 is 1.81 bits per heavy atom. The molecule has 2 aromatic carbocycles. The summed E-state index contributed by atoms with van der Waals surface area (Å²) in [5, 5.41) is 2.25. The summed E-state index contributed by atoms with van der Waals surface area (Å²) >= 11 is 0. The highest BCUT2D eigenvalue weighted by Gasteiger charge is 2.20. The van der Waals surface area contributed by atoms with Crippen LogP contribution in [-0.2, 0) is 0 Å². The van der Waals surface area contributed by atoms with Crippen molar-refractivity contribution in [3.8, 4) is 5.75 Å². The van der Waals surface area contributed by atoms with Gasteiger partial charge in [0.1, 0.15) is 11.4 Å². The van der Waals surface area contributed by atoms with Crippen LogP contribution in [0.3, 0.4) is 0 Å². The molecule has 0 aliphatic rings. The Bertz CT molecular complexity index is 705. The third-order valence-electron chi connectivity index (χ3n) is 2.76. The largest absolute Gasteiger partial charge is 0.494 e. The normalized spacial score (nSPS) is 10.3. The zero-order chi connectivity index (χ0) is 15.6. The van der Waals surface area contributed by atoms with Gasteiger partial charge in [0.25, 0.3) is 5.91 Å². The van der Waals surface area contributed by atoms with Gasteiger partial charge in [0.2, 0.25) is 0 Å². The second-order valence-electron chi connectivity index (χ2n) is 4.13. The number of amides is 1. The molecule has 0 fully saturated rings. The van der Waals surface area contributed by atoms with Gasteiger partial charge < -0.3 is 15.8 Å². The zero-order valence-corrected chi connectivity index (χ0v) is 10.9. The standard InChI is InChI=1S/C14H11F3N2O2/c1-21-11-6-7(2-3-8(11)15)19-14(20)12-9(16)4-5-10(18)13(12)17/h2-6H,18H2,1H3,(H,19,20). The van der Waals surface area contributed by atoms with Gasteiger partial charge >= 0.3 is 0 Å². The molecular formula is C14H11F3N2O2. The van der Waals surface area contributed by atoms with Crippen LogP contribution in [0.25, 0.3) is 0 Å². The lowest BCUT2D eigenvalue weighted by molar-refractivity contribution is 0.101. The number of ether oxygens (including phenoxy) is 1. The second kappa shape index (κ2) is 5.74. The molecule has 110 valence electrons. The van der Waals surface area contributed by atoms with Gasteiger partial charge in [-0.25, -0.2) is 13.2 Å². The fourth-order valence-electron chi connectivity index (χ4n) is 1.71. The molecule has 4 nitrogen and oxygen atoms in total. The molecular weight excluding hydrogens is 285 g/mol. The van der Waals surface area contributed by atoms with Crippen molar-refractivity contribution >= 4 is 17.3 Å². The fraction of sp³-hybridized carbons (Fsp3) is 0.0714. The van der Waals surface area contributed by atoms with E-state index in [1.165, 1.54) is 19.2 Å². The molecule has 0 saturated heterocycles. The Morgan fingerprint density at radius 1 is 1.14 bits per heavy atom. The molecule has 0 aliphatic carbocycles. The maximum absolute atomic E-state index is 13.7. The second-order valence-corrected chi connectivity index (χ2v) is 4.13. The van der Waals surface area contributed by atoms with Crippen molar-refractivity contribution in [3.05, 3.63) is 53.3 Å². The summed E-state index contributed by atoms with van der Waals surface area (Å²) in [5.41, 5.74) is 4.26. The molecule has 0 aromatic heterocycles. The Balaban J connectivity index is 2.33. The number of carbonyl (C=O) groups is 1. The lowest BCUT2D eigenvalue weighted by atomic mass is 10.1. The number of carbonyl (C=O) groups excluding carboxylic acids is 1. The number of halogens is 3. The highest BCUT2D eigenvalue weighted by molar-refractivity contribution is 6.05. The minimum atomic E-state index is -1.15. The molecule has 21 heavy (non-hydrogen) atoms. The van der Waals surface area contributed by atoms with Crippen LogP contribution in [0.1, 0.15) is 10.4 Å². The number of hydrogen-bond donors (Lipinski definition) is 2. The van der Waals surface area contributed by atoms with Crippen molar-refractivity contribution in [2.45, 2.75) is 0 Å². The van der Waals surface area contributed by atoms with Gasteiger partial charge in [-0.1, -0.05) is 0 Å². The molecule has 3 N–H and O–H groups in total. The average molecular weight is 296 g/mol. The van der Waals surface area contributed by atoms with Crippen LogP contribution in [0.15, 0.2) is 30.3 Å². The van der Waals surface area contributed by atoms with E-state index < -0.39 is 28.9 Å². The molecule has 1 amide bonds. The van der Waals surface area contributed by atoms with Crippen LogP contribution in [0.2, 0.25) is 0 Å². The van der Waals surface area contributed by atoms with E-state index in [0.717, 1.165) is 18.2 Å². The fourth-order valence-corrected chi connectivity index (χ4v) is 1.71. The Morgan fingerprint density at radius 3 is 2.48 bits per heavy atom. The molecule has 0 aliphatic heterocycles. The van der Waals surface area contributed by atoms with Crippen LogP contribution in [0, 0.1) is 17.5 Å². The van der Waals surface area contributed by atoms with Gasteiger partial charge in [0.15, 0.2) is 17.4 Å². The number of nitrogens with one attached hydrogen (secondary N) is 1. The van der Waals surface area contributed by atoms with Crippen LogP contribution < -0.4 is 15.8 Å². The van der Waals surface area contributed by atoms with Crippen molar-refractivity contribution in [2.75, 3.05) is 18.2 Å². The quantitative estimate of drug-likeness (QED) is 0.856. The molecule has 2 aromatic rings. The summed E-state index contributed by atoms with van der Waals surface area (Å²) in [6.45, 7) is 0. The zero-order valence-electron chi connectivity index (χ0n) is 10.9. The van der Waals surface area contributed by atoms with Crippen molar-refractivity contribution in [1.82, 2.24) is 0 Å². The number of benzene rings is 2. The van der Waals surface area contributed by atoms with E-state index in [9.17, 15) is 18.0 Å². The molecule has 0 heterocycles. The van der Waals surface area contributed by atoms with Crippen molar-refractivity contribution < 1.29 is 22.7 Å². The topological polar surface area (TPSA) is 64.3 Å². The van der Waals surface area contributed by atoms with Gasteiger partial charge in [0.05, 0.1) is 12.8 Å². The molecule has 7 heteroatoms. The van der Waals surface area contributed by atoms with Crippen LogP contribution in [0.5, 0.6) is 5.75 Å². The Hall–Kier alpha value is -2.70. The van der Waals surface area contributed by atoms with Crippen molar-refractivity contribution in [1.29, 1.82) is 0 Å². The SMILES string of the molecule is COc1cc(NC(=O)c2c(F)ccc(N)c2F)ccc1F. The lowest BCUT2D eigenvalue weighted by Gasteiger charge is -2.10. The monoisotopic (exact) mass is 296 g/mol. The molecule has 0 atom stereocenters. The molecule has 0 radical (unpaired) electrons. The number of methoxy groups -OCH3 is 1. The predicted molar refractivity (Wildman–Crippen MR) is 71.7 cm³/mol. The van der Waals surface area contributed by atoms with Gasteiger partial charge in [-0.15, -0.1) is 0 Å². The van der Waals surface area contributed by atoms with E-state index in [2.05, 4.69) is 5.32 Å². The van der Waals surface area contributed by atoms with Gasteiger partial charge in [0, 0.05) is 11.8 Å². The molecule has 0 spiro atoms. The molecule has 0 bridgehead atoms. The van der Waals surface area contributed by atoms with E-state index in [1.54, 1.807) is 0 Å². The Kier molecular flexibility index (Phi) is 4.02. The van der Waals surface area contributed by atoms with Crippen LogP contribution in [0.4, 0.5) is 24.5 Å². The van der Waals surface area contributed by atoms with Gasteiger partial charge in [-0.2, -0.15) is 0 Å². The van der Waals surface area contributed by atoms with E-state index in [-0.39, 0.29) is 17.1 Å². The summed E-state index contributed by atoms with van der Waals surface area (Å²) < 4.78 is 45.2. The Labute approximate surface area is 118 Å². The van der Waals surface area contributed by atoms with E-state index in [0.29, 0.717) is 0 Å².